The van der Waals surface area contributed by atoms with Gasteiger partial charge in [-0.2, -0.15) is 5.10 Å². The highest BCUT2D eigenvalue weighted by molar-refractivity contribution is 14.1. The van der Waals surface area contributed by atoms with Gasteiger partial charge in [-0.15, -0.1) is 0 Å². The van der Waals surface area contributed by atoms with Crippen LogP contribution in [0, 0.1) is 0 Å². The predicted octanol–water partition coefficient (Wildman–Crippen LogP) is 0.821. The van der Waals surface area contributed by atoms with Crippen molar-refractivity contribution >= 4 is 29.3 Å². The normalized spacial score (nSPS) is 8.75. The van der Waals surface area contributed by atoms with Crippen molar-refractivity contribution in [3.8, 4) is 0 Å². The Balaban J connectivity index is 3.21. The van der Waals surface area contributed by atoms with Crippen LogP contribution in [0.2, 0.25) is 0 Å². The van der Waals surface area contributed by atoms with E-state index in [0.29, 0.717) is 0 Å². The number of nitrogens with one attached hydrogen (secondary N) is 1. The molecule has 0 heterocycles. The van der Waals surface area contributed by atoms with E-state index in [9.17, 15) is 0 Å². The molecule has 0 unspecified atom stereocenters. The maximum Gasteiger partial charge on any atom is 0.105 e. The summed E-state index contributed by atoms with van der Waals surface area (Å²) in [4.78, 5) is 0. The van der Waals surface area contributed by atoms with E-state index < -0.39 is 0 Å². The summed E-state index contributed by atoms with van der Waals surface area (Å²) in [6, 6.07) is 0. The lowest BCUT2D eigenvalue weighted by Crippen LogP contribution is -2.31. The van der Waals surface area contributed by atoms with Crippen LogP contribution in [0.5, 0.6) is 0 Å². The Labute approximate surface area is 63.2 Å². The molecule has 8 heavy (non-hydrogen) atoms. The quantitative estimate of drug-likeness (QED) is 0.253. The Morgan fingerprint density at radius 3 is 2.62 bits per heavy atom. The first-order valence-electron chi connectivity index (χ1n) is 2.38. The Morgan fingerprint density at radius 1 is 1.88 bits per heavy atom. The Kier molecular flexibility index (Phi) is 5.41. The van der Waals surface area contributed by atoms with Crippen LogP contribution in [0.4, 0.5) is 0 Å². The molecule has 0 aliphatic heterocycles. The van der Waals surface area contributed by atoms with E-state index in [2.05, 4.69) is 39.8 Å². The number of hydrazine groups is 1. The van der Waals surface area contributed by atoms with Gasteiger partial charge in [-0.3, -0.25) is 0 Å². The molecule has 0 bridgehead atoms. The van der Waals surface area contributed by atoms with E-state index in [1.807, 2.05) is 6.92 Å². The number of hydrazone groups is 1. The van der Waals surface area contributed by atoms with E-state index in [1.54, 1.807) is 5.12 Å². The van der Waals surface area contributed by atoms with Crippen LogP contribution >= 0.6 is 22.6 Å². The average molecular weight is 227 g/mol. The van der Waals surface area contributed by atoms with E-state index in [4.69, 9.17) is 0 Å². The summed E-state index contributed by atoms with van der Waals surface area (Å²) >= 11 is 2.20. The van der Waals surface area contributed by atoms with Gasteiger partial charge in [-0.1, -0.05) is 29.5 Å². The summed E-state index contributed by atoms with van der Waals surface area (Å²) in [5.74, 6) is 0. The first-order valence-corrected chi connectivity index (χ1v) is 3.91. The van der Waals surface area contributed by atoms with Crippen LogP contribution in [0.15, 0.2) is 5.10 Å². The first kappa shape index (κ1) is 8.16. The number of rotatable bonds is 4. The van der Waals surface area contributed by atoms with Crippen molar-refractivity contribution in [1.29, 1.82) is 0 Å². The molecular formula is C4H10IN3. The molecule has 0 aromatic rings. The molecule has 0 fully saturated rings. The first-order chi connectivity index (χ1) is 3.85. The zero-order valence-corrected chi connectivity index (χ0v) is 7.05. The molecule has 0 aliphatic carbocycles. The van der Waals surface area contributed by atoms with Gasteiger partial charge in [-0.05, 0) is 0 Å². The summed E-state index contributed by atoms with van der Waals surface area (Å²) in [6.45, 7) is 6.27. The molecule has 0 rings (SSSR count). The van der Waals surface area contributed by atoms with Crippen molar-refractivity contribution in [2.75, 3.05) is 11.1 Å². The molecule has 4 heteroatoms. The Bertz CT molecular complexity index is 66.3. The third-order valence-corrected chi connectivity index (χ3v) is 1.27. The molecule has 3 nitrogen and oxygen atoms in total. The van der Waals surface area contributed by atoms with Crippen molar-refractivity contribution in [3.63, 3.8) is 0 Å². The Hall–Kier alpha value is 0.160. The molecule has 0 atom stereocenters. The maximum atomic E-state index is 3.66. The second-order valence-electron chi connectivity index (χ2n) is 1.17. The van der Waals surface area contributed by atoms with E-state index in [-0.39, 0.29) is 0 Å². The summed E-state index contributed by atoms with van der Waals surface area (Å²) < 4.78 is 0.828. The molecule has 0 saturated heterocycles. The zero-order valence-electron chi connectivity index (χ0n) is 4.89. The molecule has 0 radical (unpaired) electrons. The van der Waals surface area contributed by atoms with Crippen LogP contribution in [-0.2, 0) is 0 Å². The number of halogens is 1. The standard InChI is InChI=1S/C4H10IN3/c1-3-7-8(4-5)6-2/h7H,2-4H2,1H3. The average Bonchev–Trinajstić information content (AvgIpc) is 1.83. The summed E-state index contributed by atoms with van der Waals surface area (Å²) in [5, 5.41) is 5.34. The van der Waals surface area contributed by atoms with Gasteiger partial charge in [0, 0.05) is 13.3 Å². The molecular weight excluding hydrogens is 217 g/mol. The van der Waals surface area contributed by atoms with E-state index in [1.165, 1.54) is 0 Å². The Morgan fingerprint density at radius 2 is 2.50 bits per heavy atom. The second-order valence-corrected chi connectivity index (χ2v) is 1.85. The molecule has 0 amide bonds. The molecule has 0 aromatic carbocycles. The summed E-state index contributed by atoms with van der Waals surface area (Å²) in [5.41, 5.74) is 2.98. The van der Waals surface area contributed by atoms with E-state index in [0.717, 1.165) is 11.1 Å². The van der Waals surface area contributed by atoms with Crippen LogP contribution in [0.25, 0.3) is 0 Å². The summed E-state index contributed by atoms with van der Waals surface area (Å²) in [6.07, 6.45) is 0. The number of hydrogen-bond acceptors (Lipinski definition) is 3. The topological polar surface area (TPSA) is 27.6 Å². The fourth-order valence-corrected chi connectivity index (χ4v) is 0.770. The minimum Gasteiger partial charge on any atom is -0.221 e. The van der Waals surface area contributed by atoms with Crippen molar-refractivity contribution < 1.29 is 0 Å². The van der Waals surface area contributed by atoms with Crippen LogP contribution < -0.4 is 5.43 Å². The van der Waals surface area contributed by atoms with Crippen LogP contribution in [0.1, 0.15) is 6.92 Å². The van der Waals surface area contributed by atoms with Crippen LogP contribution in [0.3, 0.4) is 0 Å². The number of alkyl halides is 1. The third kappa shape index (κ3) is 3.20. The fourth-order valence-electron chi connectivity index (χ4n) is 0.313. The monoisotopic (exact) mass is 227 g/mol. The minimum atomic E-state index is 0.828. The molecule has 48 valence electrons. The van der Waals surface area contributed by atoms with Crippen molar-refractivity contribution in [1.82, 2.24) is 10.5 Å². The molecule has 0 aliphatic rings. The van der Waals surface area contributed by atoms with Gasteiger partial charge in [0.15, 0.2) is 0 Å². The molecule has 0 spiro atoms. The lowest BCUT2D eigenvalue weighted by Gasteiger charge is -2.13. The largest absolute Gasteiger partial charge is 0.221 e. The number of hydrogen-bond donors (Lipinski definition) is 1. The SMILES string of the molecule is C=NN(CI)NCC. The minimum absolute atomic E-state index is 0.828. The lowest BCUT2D eigenvalue weighted by molar-refractivity contribution is 0.251. The van der Waals surface area contributed by atoms with E-state index >= 15 is 0 Å². The highest BCUT2D eigenvalue weighted by atomic mass is 127. The molecule has 0 aromatic heterocycles. The van der Waals surface area contributed by atoms with Gasteiger partial charge in [0.25, 0.3) is 0 Å². The van der Waals surface area contributed by atoms with Gasteiger partial charge in [0.05, 0.1) is 0 Å². The second kappa shape index (κ2) is 5.30. The van der Waals surface area contributed by atoms with Crippen molar-refractivity contribution in [2.24, 2.45) is 5.10 Å². The van der Waals surface area contributed by atoms with Gasteiger partial charge < -0.3 is 0 Å². The predicted molar refractivity (Wildman–Crippen MR) is 44.0 cm³/mol. The smallest absolute Gasteiger partial charge is 0.105 e. The fraction of sp³-hybridized carbons (Fsp3) is 0.750. The van der Waals surface area contributed by atoms with Crippen molar-refractivity contribution in [3.05, 3.63) is 0 Å². The van der Waals surface area contributed by atoms with Crippen molar-refractivity contribution in [2.45, 2.75) is 6.92 Å². The highest BCUT2D eigenvalue weighted by Crippen LogP contribution is 1.87. The highest BCUT2D eigenvalue weighted by Gasteiger charge is 1.88. The van der Waals surface area contributed by atoms with Gasteiger partial charge in [-0.25, -0.2) is 10.5 Å². The van der Waals surface area contributed by atoms with Crippen LogP contribution in [-0.4, -0.2) is 22.9 Å². The zero-order chi connectivity index (χ0) is 6.41. The molecule has 0 saturated carbocycles. The van der Waals surface area contributed by atoms with Gasteiger partial charge in [0.2, 0.25) is 0 Å². The maximum absolute atomic E-state index is 3.66. The molecule has 1 N–H and O–H groups in total. The lowest BCUT2D eigenvalue weighted by atomic mass is 10.8. The summed E-state index contributed by atoms with van der Waals surface area (Å²) in [7, 11) is 0. The van der Waals surface area contributed by atoms with Gasteiger partial charge >= 0.3 is 0 Å². The van der Waals surface area contributed by atoms with Gasteiger partial charge in [0.1, 0.15) is 4.55 Å². The number of nitrogens with zero attached hydrogens (tertiary/aromatic N) is 2. The third-order valence-electron chi connectivity index (χ3n) is 0.625.